The Hall–Kier alpha value is -4.19. The van der Waals surface area contributed by atoms with Crippen molar-refractivity contribution in [3.8, 4) is 11.4 Å². The first kappa shape index (κ1) is 22.6. The van der Waals surface area contributed by atoms with Crippen molar-refractivity contribution >= 4 is 28.4 Å². The summed E-state index contributed by atoms with van der Waals surface area (Å²) >= 11 is 0. The third-order valence-corrected chi connectivity index (χ3v) is 5.66. The van der Waals surface area contributed by atoms with Gasteiger partial charge in [0.05, 0.1) is 38.1 Å². The number of methoxy groups -OCH3 is 1. The maximum absolute atomic E-state index is 12.7. The van der Waals surface area contributed by atoms with Crippen LogP contribution in [0.3, 0.4) is 0 Å². The summed E-state index contributed by atoms with van der Waals surface area (Å²) in [6.45, 7) is 0.798. The molecular weight excluding hydrogens is 465 g/mol. The highest BCUT2D eigenvalue weighted by Crippen LogP contribution is 2.37. The molecule has 1 aliphatic rings. The number of ether oxygens (including phenoxy) is 2. The second-order valence-corrected chi connectivity index (χ2v) is 7.87. The van der Waals surface area contributed by atoms with E-state index in [0.717, 1.165) is 23.5 Å². The minimum absolute atomic E-state index is 0.156. The molecule has 3 aromatic heterocycles. The monoisotopic (exact) mass is 484 g/mol. The van der Waals surface area contributed by atoms with Crippen LogP contribution in [0.4, 0.5) is 24.7 Å². The first-order valence-electron chi connectivity index (χ1n) is 10.5. The Bertz CT molecular complexity index is 1430. The smallest absolute Gasteiger partial charge is 0.433 e. The molecule has 3 N–H and O–H groups in total. The van der Waals surface area contributed by atoms with Crippen molar-refractivity contribution in [1.29, 1.82) is 0 Å². The fourth-order valence-corrected chi connectivity index (χ4v) is 4.08. The third kappa shape index (κ3) is 4.12. The van der Waals surface area contributed by atoms with E-state index in [0.29, 0.717) is 52.8 Å². The Kier molecular flexibility index (Phi) is 5.52. The second-order valence-electron chi connectivity index (χ2n) is 7.87. The van der Waals surface area contributed by atoms with Gasteiger partial charge >= 0.3 is 6.18 Å². The lowest BCUT2D eigenvalue weighted by Gasteiger charge is -2.15. The Morgan fingerprint density at radius 2 is 2.03 bits per heavy atom. The van der Waals surface area contributed by atoms with Crippen molar-refractivity contribution in [1.82, 2.24) is 19.5 Å². The van der Waals surface area contributed by atoms with Crippen LogP contribution in [-0.2, 0) is 35.3 Å². The zero-order valence-corrected chi connectivity index (χ0v) is 18.4. The summed E-state index contributed by atoms with van der Waals surface area (Å²) in [4.78, 5) is 24.4. The highest BCUT2D eigenvalue weighted by Gasteiger charge is 2.32. The zero-order chi connectivity index (χ0) is 24.7. The quantitative estimate of drug-likeness (QED) is 0.444. The van der Waals surface area contributed by atoms with Crippen molar-refractivity contribution in [3.63, 3.8) is 0 Å². The number of anilines is 2. The maximum Gasteiger partial charge on any atom is 0.433 e. The average Bonchev–Trinajstić information content (AvgIpc) is 3.41. The van der Waals surface area contributed by atoms with Gasteiger partial charge in [-0.1, -0.05) is 6.07 Å². The average molecular weight is 484 g/mol. The lowest BCUT2D eigenvalue weighted by molar-refractivity contribution is -0.141. The van der Waals surface area contributed by atoms with Gasteiger partial charge in [-0.25, -0.2) is 9.97 Å². The van der Waals surface area contributed by atoms with Crippen LogP contribution in [-0.4, -0.2) is 32.5 Å². The molecule has 0 radical (unpaired) electrons. The van der Waals surface area contributed by atoms with Crippen LogP contribution in [0.15, 0.2) is 42.9 Å². The number of fused-ring (bicyclic) bond motifs is 3. The molecule has 12 heteroatoms. The minimum atomic E-state index is -4.54. The van der Waals surface area contributed by atoms with Gasteiger partial charge in [-0.15, -0.1) is 0 Å². The van der Waals surface area contributed by atoms with Gasteiger partial charge in [-0.2, -0.15) is 13.2 Å². The number of hydrogen-bond donors (Lipinski definition) is 2. The molecule has 0 saturated heterocycles. The van der Waals surface area contributed by atoms with Crippen LogP contribution < -0.4 is 15.8 Å². The largest absolute Gasteiger partial charge is 0.494 e. The van der Waals surface area contributed by atoms with Gasteiger partial charge < -0.3 is 25.1 Å². The number of benzene rings is 1. The highest BCUT2D eigenvalue weighted by atomic mass is 19.4. The van der Waals surface area contributed by atoms with Gasteiger partial charge in [0.25, 0.3) is 0 Å². The van der Waals surface area contributed by atoms with E-state index in [2.05, 4.69) is 20.3 Å². The van der Waals surface area contributed by atoms with Gasteiger partial charge in [0.2, 0.25) is 5.91 Å². The first-order chi connectivity index (χ1) is 16.8. The van der Waals surface area contributed by atoms with E-state index in [9.17, 15) is 18.0 Å². The van der Waals surface area contributed by atoms with Gasteiger partial charge in [0.1, 0.15) is 28.8 Å². The van der Waals surface area contributed by atoms with Crippen LogP contribution in [0.25, 0.3) is 16.7 Å². The first-order valence-corrected chi connectivity index (χ1v) is 10.5. The predicted molar refractivity (Wildman–Crippen MR) is 120 cm³/mol. The molecule has 0 aliphatic carbocycles. The number of alkyl halides is 3. The third-order valence-electron chi connectivity index (χ3n) is 5.66. The molecular formula is C23H19F3N6O3. The van der Waals surface area contributed by atoms with Gasteiger partial charge in [-0.3, -0.25) is 9.78 Å². The Balaban J connectivity index is 1.42. The van der Waals surface area contributed by atoms with E-state index in [1.807, 2.05) is 4.57 Å². The second kappa shape index (κ2) is 8.55. The number of pyridine rings is 1. The predicted octanol–water partition coefficient (Wildman–Crippen LogP) is 3.64. The number of nitrogens with two attached hydrogens (primary N) is 1. The molecule has 0 bridgehead atoms. The molecule has 1 aliphatic heterocycles. The number of nitrogens with one attached hydrogen (secondary N) is 1. The van der Waals surface area contributed by atoms with Crippen LogP contribution in [0.1, 0.15) is 22.5 Å². The number of amides is 1. The Morgan fingerprint density at radius 3 is 2.74 bits per heavy atom. The van der Waals surface area contributed by atoms with Crippen LogP contribution in [0.2, 0.25) is 0 Å². The fourth-order valence-electron chi connectivity index (χ4n) is 4.08. The van der Waals surface area contributed by atoms with Crippen molar-refractivity contribution in [2.24, 2.45) is 0 Å². The lowest BCUT2D eigenvalue weighted by Crippen LogP contribution is -2.16. The number of carbonyl (C=O) groups is 1. The number of nitrogen functional groups attached to an aromatic ring is 1. The summed E-state index contributed by atoms with van der Waals surface area (Å²) in [7, 11) is 1.47. The van der Waals surface area contributed by atoms with E-state index in [-0.39, 0.29) is 6.42 Å². The summed E-state index contributed by atoms with van der Waals surface area (Å²) in [6.07, 6.45) is -2.25. The van der Waals surface area contributed by atoms with Crippen molar-refractivity contribution in [2.75, 3.05) is 18.2 Å². The van der Waals surface area contributed by atoms with E-state index < -0.39 is 17.8 Å². The summed E-state index contributed by atoms with van der Waals surface area (Å²) < 4.78 is 51.1. The van der Waals surface area contributed by atoms with Crippen LogP contribution in [0, 0.1) is 0 Å². The highest BCUT2D eigenvalue weighted by molar-refractivity contribution is 5.94. The van der Waals surface area contributed by atoms with Crippen LogP contribution >= 0.6 is 0 Å². The Morgan fingerprint density at radius 1 is 1.20 bits per heavy atom. The molecule has 4 heterocycles. The molecule has 180 valence electrons. The Labute approximate surface area is 196 Å². The van der Waals surface area contributed by atoms with Crippen LogP contribution in [0.5, 0.6) is 5.75 Å². The van der Waals surface area contributed by atoms with Gasteiger partial charge in [-0.05, 0) is 23.8 Å². The van der Waals surface area contributed by atoms with Crippen molar-refractivity contribution in [3.05, 3.63) is 65.4 Å². The number of halogens is 3. The molecule has 9 nitrogen and oxygen atoms in total. The molecule has 4 aromatic rings. The molecule has 1 amide bonds. The number of aromatic nitrogens is 4. The van der Waals surface area contributed by atoms with Gasteiger partial charge in [0, 0.05) is 23.5 Å². The molecule has 0 unspecified atom stereocenters. The molecule has 0 atom stereocenters. The number of nitrogens with zero attached hydrogens (tertiary/aromatic N) is 4. The van der Waals surface area contributed by atoms with E-state index >= 15 is 0 Å². The molecule has 1 aromatic carbocycles. The molecule has 5 rings (SSSR count). The van der Waals surface area contributed by atoms with E-state index in [1.54, 1.807) is 18.2 Å². The van der Waals surface area contributed by atoms with E-state index in [1.165, 1.54) is 19.5 Å². The molecule has 35 heavy (non-hydrogen) atoms. The molecule has 0 fully saturated rings. The van der Waals surface area contributed by atoms with E-state index in [4.69, 9.17) is 15.2 Å². The topological polar surface area (TPSA) is 117 Å². The minimum Gasteiger partial charge on any atom is -0.494 e. The zero-order valence-electron chi connectivity index (χ0n) is 18.4. The fraction of sp³-hybridized carbons (Fsp3) is 0.217. The molecule has 0 spiro atoms. The normalized spacial score (nSPS) is 13.1. The van der Waals surface area contributed by atoms with Crippen molar-refractivity contribution < 1.29 is 27.4 Å². The number of rotatable bonds is 5. The summed E-state index contributed by atoms with van der Waals surface area (Å²) in [5.74, 6) is 0.271. The lowest BCUT2D eigenvalue weighted by atomic mass is 10.1. The summed E-state index contributed by atoms with van der Waals surface area (Å²) in [5.41, 5.74) is 9.82. The summed E-state index contributed by atoms with van der Waals surface area (Å²) in [5, 5.41) is 2.73. The van der Waals surface area contributed by atoms with Gasteiger partial charge in [0.15, 0.2) is 5.82 Å². The SMILES string of the molecule is COc1cc(-n2c3c(c4ncnc(N)c42)COC3)ccc1NC(=O)Cc1ccc(C(F)(F)F)nc1. The summed E-state index contributed by atoms with van der Waals surface area (Å²) in [6, 6.07) is 7.26. The maximum atomic E-state index is 12.7. The van der Waals surface area contributed by atoms with Crippen molar-refractivity contribution in [2.45, 2.75) is 25.8 Å². The number of carbonyl (C=O) groups excluding carboxylic acids is 1. The molecule has 0 saturated carbocycles. The standard InChI is InChI=1S/C23H19F3N6O3/c1-34-17-7-13(32-16-10-35-9-14(16)20-21(32)22(27)30-11-29-20)3-4-15(17)31-19(33)6-12-2-5-18(28-8-12)23(24,25)26/h2-5,7-8,11H,6,9-10H2,1H3,(H,31,33)(H2,27,29,30). The number of hydrogen-bond acceptors (Lipinski definition) is 7.